The highest BCUT2D eigenvalue weighted by atomic mass is 32.2. The molecular weight excluding hydrogens is 336 g/mol. The third-order valence-electron chi connectivity index (χ3n) is 3.59. The van der Waals surface area contributed by atoms with Crippen LogP contribution in [-0.2, 0) is 11.8 Å². The molecule has 0 aliphatic carbocycles. The van der Waals surface area contributed by atoms with Crippen LogP contribution in [-0.4, -0.2) is 27.8 Å². The van der Waals surface area contributed by atoms with Crippen LogP contribution in [0.4, 0.5) is 5.69 Å². The van der Waals surface area contributed by atoms with Crippen molar-refractivity contribution in [1.29, 1.82) is 0 Å². The fourth-order valence-electron chi connectivity index (χ4n) is 2.27. The summed E-state index contributed by atoms with van der Waals surface area (Å²) < 4.78 is 6.93. The Morgan fingerprint density at radius 1 is 1.16 bits per heavy atom. The summed E-state index contributed by atoms with van der Waals surface area (Å²) in [5, 5.41) is 11.1. The van der Waals surface area contributed by atoms with Gasteiger partial charge in [-0.25, -0.2) is 0 Å². The van der Waals surface area contributed by atoms with Gasteiger partial charge >= 0.3 is 0 Å². The largest absolute Gasteiger partial charge is 0.497 e. The monoisotopic (exact) mass is 354 g/mol. The van der Waals surface area contributed by atoms with E-state index in [4.69, 9.17) is 4.74 Å². The molecule has 0 bridgehead atoms. The molecule has 25 heavy (non-hydrogen) atoms. The summed E-state index contributed by atoms with van der Waals surface area (Å²) in [5.41, 5.74) is 1.62. The van der Waals surface area contributed by atoms with Gasteiger partial charge in [-0.2, -0.15) is 0 Å². The van der Waals surface area contributed by atoms with Crippen LogP contribution in [0.2, 0.25) is 0 Å². The highest BCUT2D eigenvalue weighted by Crippen LogP contribution is 2.34. The van der Waals surface area contributed by atoms with E-state index in [9.17, 15) is 4.79 Å². The molecule has 6 nitrogen and oxygen atoms in total. The highest BCUT2D eigenvalue weighted by Gasteiger charge is 2.24. The topological polar surface area (TPSA) is 69.0 Å². The molecule has 7 heteroatoms. The van der Waals surface area contributed by atoms with Crippen LogP contribution < -0.4 is 10.1 Å². The van der Waals surface area contributed by atoms with Crippen LogP contribution in [0, 0.1) is 0 Å². The van der Waals surface area contributed by atoms with E-state index in [1.165, 1.54) is 11.8 Å². The summed E-state index contributed by atoms with van der Waals surface area (Å²) in [5.74, 6) is 0.621. The van der Waals surface area contributed by atoms with Crippen molar-refractivity contribution in [1.82, 2.24) is 14.8 Å². The van der Waals surface area contributed by atoms with Gasteiger partial charge in [0, 0.05) is 12.7 Å². The predicted molar refractivity (Wildman–Crippen MR) is 97.7 cm³/mol. The fraction of sp³-hybridized carbons (Fsp3) is 0.167. The van der Waals surface area contributed by atoms with Gasteiger partial charge in [-0.15, -0.1) is 10.2 Å². The number of aromatic nitrogens is 3. The Labute approximate surface area is 150 Å². The Kier molecular flexibility index (Phi) is 5.35. The van der Waals surface area contributed by atoms with Crippen molar-refractivity contribution in [2.75, 3.05) is 12.4 Å². The minimum Gasteiger partial charge on any atom is -0.497 e. The number of nitrogens with one attached hydrogen (secondary N) is 1. The Morgan fingerprint density at radius 2 is 1.88 bits per heavy atom. The molecule has 3 aromatic rings. The minimum atomic E-state index is -0.439. The van der Waals surface area contributed by atoms with Crippen LogP contribution in [0.25, 0.3) is 0 Å². The number of carbonyl (C=O) groups excluding carboxylic acids is 1. The zero-order chi connectivity index (χ0) is 17.6. The van der Waals surface area contributed by atoms with Gasteiger partial charge in [0.25, 0.3) is 0 Å². The number of ether oxygens (including phenoxy) is 1. The normalized spacial score (nSPS) is 11.8. The quantitative estimate of drug-likeness (QED) is 0.688. The average Bonchev–Trinajstić information content (AvgIpc) is 3.05. The molecule has 0 fully saturated rings. The molecule has 1 unspecified atom stereocenters. The molecule has 1 atom stereocenters. The van der Waals surface area contributed by atoms with Crippen molar-refractivity contribution in [3.05, 3.63) is 66.5 Å². The first-order chi connectivity index (χ1) is 12.2. The van der Waals surface area contributed by atoms with Gasteiger partial charge in [0.1, 0.15) is 17.3 Å². The first kappa shape index (κ1) is 17.0. The van der Waals surface area contributed by atoms with Gasteiger partial charge in [0.15, 0.2) is 5.16 Å². The van der Waals surface area contributed by atoms with E-state index < -0.39 is 5.25 Å². The lowest BCUT2D eigenvalue weighted by Crippen LogP contribution is -2.19. The first-order valence-electron chi connectivity index (χ1n) is 7.68. The number of hydrogen-bond acceptors (Lipinski definition) is 5. The summed E-state index contributed by atoms with van der Waals surface area (Å²) in [6.07, 6.45) is 1.62. The van der Waals surface area contributed by atoms with Gasteiger partial charge in [-0.05, 0) is 29.8 Å². The Balaban J connectivity index is 1.82. The summed E-state index contributed by atoms with van der Waals surface area (Å²) in [6, 6.07) is 16.9. The Morgan fingerprint density at radius 3 is 2.48 bits per heavy atom. The summed E-state index contributed by atoms with van der Waals surface area (Å²) >= 11 is 1.36. The molecular formula is C18H18N4O2S. The number of hydrogen-bond donors (Lipinski definition) is 1. The molecule has 1 N–H and O–H groups in total. The second kappa shape index (κ2) is 7.85. The van der Waals surface area contributed by atoms with Crippen molar-refractivity contribution < 1.29 is 9.53 Å². The lowest BCUT2D eigenvalue weighted by molar-refractivity contribution is -0.115. The molecule has 128 valence electrons. The summed E-state index contributed by atoms with van der Waals surface area (Å²) in [4.78, 5) is 12.9. The maximum atomic E-state index is 12.9. The van der Waals surface area contributed by atoms with E-state index in [-0.39, 0.29) is 5.91 Å². The summed E-state index contributed by atoms with van der Waals surface area (Å²) in [6.45, 7) is 0. The smallest absolute Gasteiger partial charge is 0.242 e. The van der Waals surface area contributed by atoms with E-state index in [0.29, 0.717) is 10.8 Å². The van der Waals surface area contributed by atoms with Gasteiger partial charge < -0.3 is 14.6 Å². The van der Waals surface area contributed by atoms with Crippen molar-refractivity contribution in [3.63, 3.8) is 0 Å². The number of rotatable bonds is 6. The third kappa shape index (κ3) is 4.19. The molecule has 2 aromatic carbocycles. The fourth-order valence-corrected chi connectivity index (χ4v) is 3.25. The lowest BCUT2D eigenvalue weighted by Gasteiger charge is -2.16. The maximum Gasteiger partial charge on any atom is 0.242 e. The molecule has 0 aliphatic heterocycles. The van der Waals surface area contributed by atoms with Crippen molar-refractivity contribution >= 4 is 23.4 Å². The van der Waals surface area contributed by atoms with Crippen LogP contribution in [0.3, 0.4) is 0 Å². The van der Waals surface area contributed by atoms with Gasteiger partial charge in [0.2, 0.25) is 5.91 Å². The molecule has 0 radical (unpaired) electrons. The number of carbonyl (C=O) groups is 1. The van der Waals surface area contributed by atoms with Crippen molar-refractivity contribution in [3.8, 4) is 5.75 Å². The molecule has 0 saturated carbocycles. The van der Waals surface area contributed by atoms with Crippen LogP contribution in [0.5, 0.6) is 5.75 Å². The zero-order valence-corrected chi connectivity index (χ0v) is 14.7. The second-order valence-electron chi connectivity index (χ2n) is 5.35. The number of aryl methyl sites for hydroxylation is 1. The zero-order valence-electron chi connectivity index (χ0n) is 13.9. The molecule has 1 heterocycles. The number of thioether (sulfide) groups is 1. The van der Waals surface area contributed by atoms with E-state index in [1.54, 1.807) is 18.0 Å². The highest BCUT2D eigenvalue weighted by molar-refractivity contribution is 8.00. The van der Waals surface area contributed by atoms with E-state index in [0.717, 1.165) is 11.3 Å². The predicted octanol–water partition coefficient (Wildman–Crippen LogP) is 3.30. The second-order valence-corrected chi connectivity index (χ2v) is 6.42. The molecule has 1 aromatic heterocycles. The van der Waals surface area contributed by atoms with Gasteiger partial charge in [-0.1, -0.05) is 42.1 Å². The lowest BCUT2D eigenvalue weighted by atomic mass is 10.1. The van der Waals surface area contributed by atoms with Crippen molar-refractivity contribution in [2.45, 2.75) is 10.4 Å². The number of methoxy groups -OCH3 is 1. The third-order valence-corrected chi connectivity index (χ3v) is 4.89. The van der Waals surface area contributed by atoms with Crippen molar-refractivity contribution in [2.24, 2.45) is 7.05 Å². The van der Waals surface area contributed by atoms with Gasteiger partial charge in [0.05, 0.1) is 7.11 Å². The SMILES string of the molecule is COc1ccc(NC(=O)C(Sc2nncn2C)c2ccccc2)cc1. The maximum absolute atomic E-state index is 12.9. The standard InChI is InChI=1S/C18H18N4O2S/c1-22-12-19-21-18(22)25-16(13-6-4-3-5-7-13)17(23)20-14-8-10-15(24-2)11-9-14/h3-12,16H,1-2H3,(H,20,23). The summed E-state index contributed by atoms with van der Waals surface area (Å²) in [7, 11) is 3.46. The van der Waals surface area contributed by atoms with Gasteiger partial charge in [-0.3, -0.25) is 4.79 Å². The molecule has 0 saturated heterocycles. The first-order valence-corrected chi connectivity index (χ1v) is 8.56. The average molecular weight is 354 g/mol. The minimum absolute atomic E-state index is 0.121. The molecule has 0 spiro atoms. The molecule has 3 rings (SSSR count). The molecule has 1 amide bonds. The van der Waals surface area contributed by atoms with E-state index >= 15 is 0 Å². The Bertz CT molecular complexity index is 834. The number of nitrogens with zero attached hydrogens (tertiary/aromatic N) is 3. The van der Waals surface area contributed by atoms with E-state index in [2.05, 4.69) is 15.5 Å². The van der Waals surface area contributed by atoms with Crippen LogP contribution in [0.15, 0.2) is 66.1 Å². The Hall–Kier alpha value is -2.80. The molecule has 0 aliphatic rings. The van der Waals surface area contributed by atoms with Crippen LogP contribution in [0.1, 0.15) is 10.8 Å². The number of amides is 1. The van der Waals surface area contributed by atoms with Crippen LogP contribution >= 0.6 is 11.8 Å². The number of anilines is 1. The number of benzene rings is 2. The van der Waals surface area contributed by atoms with E-state index in [1.807, 2.05) is 61.6 Å².